The summed E-state index contributed by atoms with van der Waals surface area (Å²) in [6, 6.07) is 7.86. The number of nitrogens with one attached hydrogen (secondary N) is 1. The first-order chi connectivity index (χ1) is 11.2. The number of nitrogens with zero attached hydrogens (tertiary/aromatic N) is 1. The van der Waals surface area contributed by atoms with Gasteiger partial charge in [0.2, 0.25) is 11.5 Å². The van der Waals surface area contributed by atoms with Crippen LogP contribution in [0.2, 0.25) is 0 Å². The van der Waals surface area contributed by atoms with Crippen molar-refractivity contribution in [3.8, 4) is 0 Å². The summed E-state index contributed by atoms with van der Waals surface area (Å²) in [4.78, 5) is 27.5. The normalized spacial score (nSPS) is 13.3. The van der Waals surface area contributed by atoms with Gasteiger partial charge in [0.15, 0.2) is 0 Å². The van der Waals surface area contributed by atoms with Crippen molar-refractivity contribution < 1.29 is 19.5 Å². The second kappa shape index (κ2) is 8.47. The molecule has 132 valence electrons. The number of likely N-dealkylation sites (N-methyl/N-ethyl adjacent to an activating group) is 1. The fraction of sp³-hybridized carbons (Fsp3) is 0.500. The minimum absolute atomic E-state index is 0.0164. The van der Waals surface area contributed by atoms with Gasteiger partial charge in [0, 0.05) is 13.0 Å². The predicted molar refractivity (Wildman–Crippen MR) is 93.0 cm³/mol. The molecule has 1 aromatic rings. The zero-order valence-electron chi connectivity index (χ0n) is 14.9. The molecule has 1 atom stereocenters. The Hall–Kier alpha value is -2.37. The topological polar surface area (TPSA) is 88.0 Å². The Morgan fingerprint density at radius 2 is 1.79 bits per heavy atom. The molecule has 1 aromatic carbocycles. The van der Waals surface area contributed by atoms with Crippen molar-refractivity contribution in [2.24, 2.45) is 11.1 Å². The molecule has 0 saturated heterocycles. The lowest BCUT2D eigenvalue weighted by atomic mass is 9.96. The number of oxime groups is 1. The van der Waals surface area contributed by atoms with E-state index in [2.05, 4.69) is 10.5 Å². The number of hydrogen-bond acceptors (Lipinski definition) is 4. The maximum Gasteiger partial charge on any atom is 0.350 e. The average molecular weight is 334 g/mol. The summed E-state index contributed by atoms with van der Waals surface area (Å²) in [6.07, 6.45) is 1.12. The van der Waals surface area contributed by atoms with Crippen LogP contribution >= 0.6 is 0 Å². The molecule has 0 fully saturated rings. The number of aliphatic carboxylic acids is 1. The Balaban J connectivity index is 2.65. The van der Waals surface area contributed by atoms with Gasteiger partial charge in [0.05, 0.1) is 12.1 Å². The summed E-state index contributed by atoms with van der Waals surface area (Å²) in [7, 11) is 1.62. The summed E-state index contributed by atoms with van der Waals surface area (Å²) in [5.74, 6) is -0.963. The van der Waals surface area contributed by atoms with Gasteiger partial charge in [-0.2, -0.15) is 0 Å². The minimum atomic E-state index is -1.34. The van der Waals surface area contributed by atoms with Crippen molar-refractivity contribution in [3.63, 3.8) is 0 Å². The van der Waals surface area contributed by atoms with E-state index in [4.69, 9.17) is 9.94 Å². The summed E-state index contributed by atoms with van der Waals surface area (Å²) < 4.78 is 0. The largest absolute Gasteiger partial charge is 0.478 e. The van der Waals surface area contributed by atoms with Gasteiger partial charge in [-0.25, -0.2) is 4.79 Å². The molecule has 1 amide bonds. The van der Waals surface area contributed by atoms with Crippen LogP contribution in [0.4, 0.5) is 0 Å². The molecular weight excluding hydrogens is 308 g/mol. The lowest BCUT2D eigenvalue weighted by Crippen LogP contribution is -2.33. The number of rotatable bonds is 8. The van der Waals surface area contributed by atoms with Crippen LogP contribution < -0.4 is 5.32 Å². The van der Waals surface area contributed by atoms with E-state index < -0.39 is 11.6 Å². The molecule has 0 bridgehead atoms. The third-order valence-corrected chi connectivity index (χ3v) is 3.85. The van der Waals surface area contributed by atoms with Crippen LogP contribution in [0.5, 0.6) is 0 Å². The van der Waals surface area contributed by atoms with E-state index in [9.17, 15) is 9.59 Å². The molecule has 0 radical (unpaired) electrons. The van der Waals surface area contributed by atoms with Crippen molar-refractivity contribution in [2.45, 2.75) is 46.1 Å². The molecule has 0 saturated carbocycles. The van der Waals surface area contributed by atoms with E-state index in [0.717, 1.165) is 23.3 Å². The standard InChI is InChI=1S/C18H26N2O4/c1-12(13(2)20-24-18(3,4)17(22)23)10-14-6-8-15(9-7-14)11-16(21)19-5/h6-9,12H,10-11H2,1-5H3,(H,19,21)(H,22,23)/b20-13+. The van der Waals surface area contributed by atoms with Crippen LogP contribution in [0.3, 0.4) is 0 Å². The van der Waals surface area contributed by atoms with Crippen molar-refractivity contribution >= 4 is 17.6 Å². The van der Waals surface area contributed by atoms with Crippen LogP contribution in [-0.4, -0.2) is 35.3 Å². The maximum atomic E-state index is 11.4. The summed E-state index contributed by atoms with van der Waals surface area (Å²) in [5.41, 5.74) is 1.47. The second-order valence-corrected chi connectivity index (χ2v) is 6.41. The predicted octanol–water partition coefficient (Wildman–Crippen LogP) is 2.41. The van der Waals surface area contributed by atoms with E-state index in [1.165, 1.54) is 13.8 Å². The fourth-order valence-corrected chi connectivity index (χ4v) is 1.88. The molecule has 0 heterocycles. The minimum Gasteiger partial charge on any atom is -0.478 e. The van der Waals surface area contributed by atoms with Gasteiger partial charge in [-0.15, -0.1) is 0 Å². The lowest BCUT2D eigenvalue weighted by molar-refractivity contribution is -0.161. The van der Waals surface area contributed by atoms with Crippen LogP contribution in [0.15, 0.2) is 29.4 Å². The zero-order valence-corrected chi connectivity index (χ0v) is 14.9. The molecule has 0 aliphatic carbocycles. The van der Waals surface area contributed by atoms with Crippen LogP contribution in [0.1, 0.15) is 38.8 Å². The number of benzene rings is 1. The highest BCUT2D eigenvalue weighted by Crippen LogP contribution is 2.15. The van der Waals surface area contributed by atoms with Crippen LogP contribution in [-0.2, 0) is 27.3 Å². The summed E-state index contributed by atoms with van der Waals surface area (Å²) in [5, 5.41) is 15.6. The number of hydrogen-bond donors (Lipinski definition) is 2. The Morgan fingerprint density at radius 3 is 2.29 bits per heavy atom. The van der Waals surface area contributed by atoms with Crippen molar-refractivity contribution in [2.75, 3.05) is 7.05 Å². The van der Waals surface area contributed by atoms with Gasteiger partial charge in [-0.05, 0) is 38.3 Å². The van der Waals surface area contributed by atoms with E-state index in [-0.39, 0.29) is 11.8 Å². The molecule has 6 nitrogen and oxygen atoms in total. The fourth-order valence-electron chi connectivity index (χ4n) is 1.88. The number of carboxylic acid groups (broad SMARTS) is 1. The van der Waals surface area contributed by atoms with Gasteiger partial charge < -0.3 is 15.3 Å². The number of amides is 1. The van der Waals surface area contributed by atoms with E-state index in [1.54, 1.807) is 7.05 Å². The Labute approximate surface area is 142 Å². The molecule has 1 unspecified atom stereocenters. The number of carboxylic acids is 1. The molecule has 0 aliphatic heterocycles. The molecule has 6 heteroatoms. The Bertz CT molecular complexity index is 606. The van der Waals surface area contributed by atoms with Crippen molar-refractivity contribution in [1.29, 1.82) is 0 Å². The van der Waals surface area contributed by atoms with Gasteiger partial charge in [0.25, 0.3) is 0 Å². The molecule has 24 heavy (non-hydrogen) atoms. The number of carbonyl (C=O) groups excluding carboxylic acids is 1. The first-order valence-electron chi connectivity index (χ1n) is 7.90. The van der Waals surface area contributed by atoms with Crippen molar-refractivity contribution in [1.82, 2.24) is 5.32 Å². The van der Waals surface area contributed by atoms with Gasteiger partial charge >= 0.3 is 5.97 Å². The quantitative estimate of drug-likeness (QED) is 0.564. The Morgan fingerprint density at radius 1 is 1.25 bits per heavy atom. The first-order valence-corrected chi connectivity index (χ1v) is 7.90. The Kier molecular flexibility index (Phi) is 6.95. The number of carbonyl (C=O) groups is 2. The SMILES string of the molecule is CNC(=O)Cc1ccc(CC(C)/C(C)=N/OC(C)(C)C(=O)O)cc1. The first kappa shape index (κ1) is 19.7. The van der Waals surface area contributed by atoms with E-state index in [0.29, 0.717) is 6.42 Å². The lowest BCUT2D eigenvalue weighted by Gasteiger charge is -2.18. The molecule has 0 aliphatic rings. The molecule has 2 N–H and O–H groups in total. The maximum absolute atomic E-state index is 11.4. The smallest absolute Gasteiger partial charge is 0.350 e. The van der Waals surface area contributed by atoms with Gasteiger partial charge in [0.1, 0.15) is 0 Å². The molecule has 0 aromatic heterocycles. The van der Waals surface area contributed by atoms with Crippen molar-refractivity contribution in [3.05, 3.63) is 35.4 Å². The third kappa shape index (κ3) is 6.02. The monoisotopic (exact) mass is 334 g/mol. The van der Waals surface area contributed by atoms with Crippen LogP contribution in [0, 0.1) is 5.92 Å². The van der Waals surface area contributed by atoms with Gasteiger partial charge in [-0.3, -0.25) is 4.79 Å². The summed E-state index contributed by atoms with van der Waals surface area (Å²) in [6.45, 7) is 6.75. The van der Waals surface area contributed by atoms with Crippen LogP contribution in [0.25, 0.3) is 0 Å². The van der Waals surface area contributed by atoms with Gasteiger partial charge in [-0.1, -0.05) is 36.3 Å². The average Bonchev–Trinajstić information content (AvgIpc) is 2.54. The molecular formula is C18H26N2O4. The van der Waals surface area contributed by atoms with E-state index >= 15 is 0 Å². The highest BCUT2D eigenvalue weighted by atomic mass is 16.7. The second-order valence-electron chi connectivity index (χ2n) is 6.41. The highest BCUT2D eigenvalue weighted by molar-refractivity contribution is 5.84. The van der Waals surface area contributed by atoms with E-state index in [1.807, 2.05) is 38.1 Å². The molecule has 0 spiro atoms. The summed E-state index contributed by atoms with van der Waals surface area (Å²) >= 11 is 0. The zero-order chi connectivity index (χ0) is 18.3. The molecule has 1 rings (SSSR count). The highest BCUT2D eigenvalue weighted by Gasteiger charge is 2.29. The third-order valence-electron chi connectivity index (χ3n) is 3.85.